The standard InChI is InChI=1S/C13H20N4O3/c1-4-13-7-17(19-3)10(8(13)2)11(20-13)16-6-5-9(14)15-12(16)18/h5-6,8,10-11H,4,7H2,1-3H3,(H2,14,15,18)/t8-,10+,11-,13-/m1/s1. The lowest BCUT2D eigenvalue weighted by molar-refractivity contribution is -0.235. The Kier molecular flexibility index (Phi) is 3.07. The first kappa shape index (κ1) is 13.5. The number of rotatable bonds is 3. The zero-order valence-electron chi connectivity index (χ0n) is 11.9. The maximum absolute atomic E-state index is 12.0. The van der Waals surface area contributed by atoms with E-state index in [1.807, 2.05) is 5.06 Å². The number of ether oxygens (including phenoxy) is 1. The van der Waals surface area contributed by atoms with E-state index in [2.05, 4.69) is 18.8 Å². The SMILES string of the molecule is CC[C@]12CN(OC)[C@H]([C@H](n3ccc(N)nc3=O)O1)[C@H]2C. The fourth-order valence-electron chi connectivity index (χ4n) is 3.46. The average molecular weight is 280 g/mol. The third-order valence-electron chi connectivity index (χ3n) is 4.70. The van der Waals surface area contributed by atoms with Crippen LogP contribution >= 0.6 is 0 Å². The summed E-state index contributed by atoms with van der Waals surface area (Å²) in [7, 11) is 1.65. The molecule has 0 unspecified atom stereocenters. The van der Waals surface area contributed by atoms with Crippen LogP contribution in [0.15, 0.2) is 17.1 Å². The lowest BCUT2D eigenvalue weighted by atomic mass is 9.88. The molecule has 2 bridgehead atoms. The molecule has 0 saturated carbocycles. The van der Waals surface area contributed by atoms with E-state index in [4.69, 9.17) is 15.3 Å². The van der Waals surface area contributed by atoms with Crippen LogP contribution in [0.4, 0.5) is 5.82 Å². The fraction of sp³-hybridized carbons (Fsp3) is 0.692. The molecular formula is C13H20N4O3. The summed E-state index contributed by atoms with van der Waals surface area (Å²) in [5.74, 6) is 0.498. The molecule has 2 aliphatic heterocycles. The van der Waals surface area contributed by atoms with Gasteiger partial charge in [0, 0.05) is 12.1 Å². The largest absolute Gasteiger partial charge is 0.383 e. The van der Waals surface area contributed by atoms with E-state index >= 15 is 0 Å². The summed E-state index contributed by atoms with van der Waals surface area (Å²) in [6.45, 7) is 4.96. The third kappa shape index (κ3) is 1.70. The van der Waals surface area contributed by atoms with Gasteiger partial charge in [0.05, 0.1) is 25.3 Å². The van der Waals surface area contributed by atoms with Gasteiger partial charge in [-0.05, 0) is 12.5 Å². The molecule has 110 valence electrons. The molecule has 3 rings (SSSR count). The van der Waals surface area contributed by atoms with E-state index in [1.165, 1.54) is 4.57 Å². The molecule has 0 aliphatic carbocycles. The lowest BCUT2D eigenvalue weighted by Gasteiger charge is -2.36. The Morgan fingerprint density at radius 3 is 2.95 bits per heavy atom. The highest BCUT2D eigenvalue weighted by molar-refractivity contribution is 5.24. The Morgan fingerprint density at radius 2 is 2.40 bits per heavy atom. The van der Waals surface area contributed by atoms with Crippen LogP contribution in [-0.2, 0) is 9.57 Å². The van der Waals surface area contributed by atoms with Crippen LogP contribution in [0.2, 0.25) is 0 Å². The third-order valence-corrected chi connectivity index (χ3v) is 4.70. The molecule has 0 radical (unpaired) electrons. The van der Waals surface area contributed by atoms with E-state index < -0.39 is 5.69 Å². The molecule has 1 aromatic rings. The quantitative estimate of drug-likeness (QED) is 0.862. The number of anilines is 1. The number of nitrogens with zero attached hydrogens (tertiary/aromatic N) is 3. The van der Waals surface area contributed by atoms with E-state index in [-0.39, 0.29) is 29.6 Å². The molecule has 2 fully saturated rings. The molecule has 0 amide bonds. The van der Waals surface area contributed by atoms with Gasteiger partial charge in [-0.2, -0.15) is 10.0 Å². The Labute approximate surface area is 117 Å². The van der Waals surface area contributed by atoms with Gasteiger partial charge < -0.3 is 15.3 Å². The van der Waals surface area contributed by atoms with Gasteiger partial charge in [0.2, 0.25) is 0 Å². The predicted molar refractivity (Wildman–Crippen MR) is 72.7 cm³/mol. The minimum Gasteiger partial charge on any atom is -0.383 e. The highest BCUT2D eigenvalue weighted by Gasteiger charge is 2.61. The maximum Gasteiger partial charge on any atom is 0.351 e. The van der Waals surface area contributed by atoms with E-state index in [0.29, 0.717) is 0 Å². The van der Waals surface area contributed by atoms with Crippen LogP contribution in [-0.4, -0.2) is 39.9 Å². The molecule has 4 atom stereocenters. The summed E-state index contributed by atoms with van der Waals surface area (Å²) in [5, 5.41) is 1.91. The first-order valence-electron chi connectivity index (χ1n) is 6.85. The summed E-state index contributed by atoms with van der Waals surface area (Å²) in [4.78, 5) is 21.3. The fourth-order valence-corrected chi connectivity index (χ4v) is 3.46. The van der Waals surface area contributed by atoms with E-state index in [9.17, 15) is 4.79 Å². The van der Waals surface area contributed by atoms with Gasteiger partial charge in [0.1, 0.15) is 5.82 Å². The number of nitrogens with two attached hydrogens (primary N) is 1. The smallest absolute Gasteiger partial charge is 0.351 e. The van der Waals surface area contributed by atoms with Gasteiger partial charge in [0.25, 0.3) is 0 Å². The Morgan fingerprint density at radius 1 is 1.65 bits per heavy atom. The molecule has 2 aliphatic rings. The number of hydrogen-bond donors (Lipinski definition) is 1. The second kappa shape index (κ2) is 4.54. The minimum absolute atomic E-state index is 0.00285. The molecule has 7 nitrogen and oxygen atoms in total. The van der Waals surface area contributed by atoms with Crippen LogP contribution < -0.4 is 11.4 Å². The predicted octanol–water partition coefficient (Wildman–Crippen LogP) is 0.385. The van der Waals surface area contributed by atoms with E-state index in [0.717, 1.165) is 13.0 Å². The Bertz CT molecular complexity index is 575. The van der Waals surface area contributed by atoms with Gasteiger partial charge in [-0.1, -0.05) is 13.8 Å². The van der Waals surface area contributed by atoms with Crippen molar-refractivity contribution in [2.24, 2.45) is 5.92 Å². The molecule has 20 heavy (non-hydrogen) atoms. The normalized spacial score (nSPS) is 36.6. The van der Waals surface area contributed by atoms with E-state index in [1.54, 1.807) is 19.4 Å². The van der Waals surface area contributed by atoms with Crippen LogP contribution in [0.1, 0.15) is 26.5 Å². The zero-order chi connectivity index (χ0) is 14.5. The average Bonchev–Trinajstić information content (AvgIpc) is 2.87. The summed E-state index contributed by atoms with van der Waals surface area (Å²) in [6.07, 6.45) is 2.12. The second-order valence-electron chi connectivity index (χ2n) is 5.51. The van der Waals surface area contributed by atoms with Crippen LogP contribution in [0.3, 0.4) is 0 Å². The van der Waals surface area contributed by atoms with Crippen molar-refractivity contribution < 1.29 is 9.57 Å². The zero-order valence-corrected chi connectivity index (χ0v) is 11.9. The monoisotopic (exact) mass is 280 g/mol. The number of hydrogen-bond acceptors (Lipinski definition) is 6. The molecule has 7 heteroatoms. The second-order valence-corrected chi connectivity index (χ2v) is 5.51. The number of nitrogen functional groups attached to an aromatic ring is 1. The molecule has 0 spiro atoms. The highest BCUT2D eigenvalue weighted by Crippen LogP contribution is 2.51. The van der Waals surface area contributed by atoms with Crippen molar-refractivity contribution in [3.05, 3.63) is 22.7 Å². The van der Waals surface area contributed by atoms with Gasteiger partial charge >= 0.3 is 5.69 Å². The minimum atomic E-state index is -0.392. The highest BCUT2D eigenvalue weighted by atomic mass is 16.7. The Balaban J connectivity index is 2.02. The number of fused-ring (bicyclic) bond motifs is 2. The summed E-state index contributed by atoms with van der Waals surface area (Å²) in [6, 6.07) is 1.61. The van der Waals surface area contributed by atoms with Crippen molar-refractivity contribution >= 4 is 5.82 Å². The van der Waals surface area contributed by atoms with Crippen LogP contribution in [0.25, 0.3) is 0 Å². The van der Waals surface area contributed by atoms with Crippen LogP contribution in [0.5, 0.6) is 0 Å². The lowest BCUT2D eigenvalue weighted by Crippen LogP contribution is -2.47. The van der Waals surface area contributed by atoms with Gasteiger partial charge in [-0.3, -0.25) is 4.57 Å². The molecule has 3 heterocycles. The molecule has 0 aromatic carbocycles. The van der Waals surface area contributed by atoms with Crippen molar-refractivity contribution in [2.45, 2.75) is 38.1 Å². The number of aromatic nitrogens is 2. The molecule has 2 saturated heterocycles. The van der Waals surface area contributed by atoms with Crippen molar-refractivity contribution in [2.75, 3.05) is 19.4 Å². The van der Waals surface area contributed by atoms with Gasteiger partial charge in [-0.25, -0.2) is 4.79 Å². The number of hydroxylamine groups is 2. The molecular weight excluding hydrogens is 260 g/mol. The van der Waals surface area contributed by atoms with Crippen molar-refractivity contribution in [1.82, 2.24) is 14.6 Å². The maximum atomic E-state index is 12.0. The topological polar surface area (TPSA) is 82.6 Å². The summed E-state index contributed by atoms with van der Waals surface area (Å²) >= 11 is 0. The summed E-state index contributed by atoms with van der Waals surface area (Å²) in [5.41, 5.74) is 4.87. The first-order chi connectivity index (χ1) is 9.52. The van der Waals surface area contributed by atoms with Gasteiger partial charge in [0.15, 0.2) is 6.23 Å². The van der Waals surface area contributed by atoms with Crippen LogP contribution in [0, 0.1) is 5.92 Å². The Hall–Kier alpha value is -1.44. The van der Waals surface area contributed by atoms with Crippen molar-refractivity contribution in [3.63, 3.8) is 0 Å². The summed E-state index contributed by atoms with van der Waals surface area (Å²) < 4.78 is 7.71. The first-order valence-corrected chi connectivity index (χ1v) is 6.85. The molecule has 1 aromatic heterocycles. The van der Waals surface area contributed by atoms with Gasteiger partial charge in [-0.15, -0.1) is 0 Å². The molecule has 2 N–H and O–H groups in total. The number of morpholine rings is 1. The van der Waals surface area contributed by atoms with Crippen molar-refractivity contribution in [3.8, 4) is 0 Å². The van der Waals surface area contributed by atoms with Crippen molar-refractivity contribution in [1.29, 1.82) is 0 Å².